The Labute approximate surface area is 118 Å². The summed E-state index contributed by atoms with van der Waals surface area (Å²) in [5, 5.41) is 8.47. The van der Waals surface area contributed by atoms with Gasteiger partial charge in [0, 0.05) is 25.5 Å². The van der Waals surface area contributed by atoms with E-state index in [9.17, 15) is 9.59 Å². The summed E-state index contributed by atoms with van der Waals surface area (Å²) in [7, 11) is 0. The van der Waals surface area contributed by atoms with E-state index < -0.39 is 5.97 Å². The third-order valence-corrected chi connectivity index (χ3v) is 3.76. The number of allylic oxidation sites excluding steroid dienone is 2. The largest absolute Gasteiger partial charge is 0.478 e. The lowest BCUT2D eigenvalue weighted by atomic mass is 10.1. The first kappa shape index (κ1) is 14.6. The third-order valence-electron chi connectivity index (χ3n) is 3.76. The van der Waals surface area contributed by atoms with Gasteiger partial charge >= 0.3 is 5.97 Å². The van der Waals surface area contributed by atoms with Crippen molar-refractivity contribution in [2.24, 2.45) is 0 Å². The number of ether oxygens (including phenoxy) is 1. The molecule has 0 aromatic rings. The van der Waals surface area contributed by atoms with Gasteiger partial charge in [-0.1, -0.05) is 6.08 Å². The lowest BCUT2D eigenvalue weighted by molar-refractivity contribution is -0.139. The molecule has 0 unspecified atom stereocenters. The van der Waals surface area contributed by atoms with E-state index in [1.54, 1.807) is 6.08 Å². The van der Waals surface area contributed by atoms with Gasteiger partial charge in [0.25, 0.3) is 5.91 Å². The molecule has 1 amide bonds. The van der Waals surface area contributed by atoms with Crippen LogP contribution < -0.4 is 0 Å². The molecule has 2 rings (SSSR count). The molecule has 0 aromatic carbocycles. The molecule has 1 saturated heterocycles. The number of unbranched alkanes of at least 4 members (excludes halogenated alkanes) is 2. The van der Waals surface area contributed by atoms with Gasteiger partial charge in [0.05, 0.1) is 5.57 Å². The topological polar surface area (TPSA) is 66.8 Å². The highest BCUT2D eigenvalue weighted by Crippen LogP contribution is 2.31. The summed E-state index contributed by atoms with van der Waals surface area (Å²) in [5.74, 6) is 0.0194. The lowest BCUT2D eigenvalue weighted by Crippen LogP contribution is -2.41. The first-order valence-corrected chi connectivity index (χ1v) is 7.16. The van der Waals surface area contributed by atoms with E-state index in [1.807, 2.05) is 11.8 Å². The summed E-state index contributed by atoms with van der Waals surface area (Å²) in [6, 6.07) is 0. The molecular weight excluding hydrogens is 258 g/mol. The van der Waals surface area contributed by atoms with Crippen LogP contribution in [0.4, 0.5) is 0 Å². The van der Waals surface area contributed by atoms with Gasteiger partial charge in [-0.05, 0) is 32.6 Å². The number of carbonyl (C=O) groups is 2. The van der Waals surface area contributed by atoms with Crippen LogP contribution in [-0.2, 0) is 14.3 Å². The quantitative estimate of drug-likeness (QED) is 0.599. The predicted molar refractivity (Wildman–Crippen MR) is 73.8 cm³/mol. The number of hydrogen-bond donors (Lipinski definition) is 1. The Morgan fingerprint density at radius 3 is 3.05 bits per heavy atom. The number of amides is 1. The van der Waals surface area contributed by atoms with Crippen molar-refractivity contribution in [3.63, 3.8) is 0 Å². The Morgan fingerprint density at radius 2 is 2.30 bits per heavy atom. The molecule has 0 spiro atoms. The molecule has 1 atom stereocenters. The number of carboxylic acid groups (broad SMARTS) is 1. The second-order valence-electron chi connectivity index (χ2n) is 5.25. The van der Waals surface area contributed by atoms with Crippen LogP contribution in [-0.4, -0.2) is 34.7 Å². The smallest absolute Gasteiger partial charge is 0.327 e. The maximum atomic E-state index is 12.1. The fourth-order valence-electron chi connectivity index (χ4n) is 2.66. The van der Waals surface area contributed by atoms with Gasteiger partial charge in [0.15, 0.2) is 6.23 Å². The van der Waals surface area contributed by atoms with E-state index in [0.29, 0.717) is 0 Å². The van der Waals surface area contributed by atoms with Crippen molar-refractivity contribution in [2.75, 3.05) is 6.54 Å². The zero-order valence-corrected chi connectivity index (χ0v) is 11.8. The van der Waals surface area contributed by atoms with Crippen LogP contribution in [0.5, 0.6) is 0 Å². The Kier molecular flexibility index (Phi) is 4.82. The zero-order chi connectivity index (χ0) is 14.5. The summed E-state index contributed by atoms with van der Waals surface area (Å²) < 4.78 is 5.91. The number of nitrogens with zero attached hydrogens (tertiary/aromatic N) is 1. The minimum absolute atomic E-state index is 0.0619. The van der Waals surface area contributed by atoms with Gasteiger partial charge in [-0.15, -0.1) is 0 Å². The summed E-state index contributed by atoms with van der Waals surface area (Å²) in [5.41, 5.74) is 0.726. The summed E-state index contributed by atoms with van der Waals surface area (Å²) >= 11 is 0. The molecule has 1 fully saturated rings. The van der Waals surface area contributed by atoms with Crippen molar-refractivity contribution in [2.45, 2.75) is 51.7 Å². The van der Waals surface area contributed by atoms with Gasteiger partial charge in [-0.25, -0.2) is 4.79 Å². The van der Waals surface area contributed by atoms with Crippen LogP contribution in [0, 0.1) is 0 Å². The minimum atomic E-state index is -0.911. The van der Waals surface area contributed by atoms with Crippen molar-refractivity contribution in [3.05, 3.63) is 23.5 Å². The highest BCUT2D eigenvalue weighted by atomic mass is 16.5. The van der Waals surface area contributed by atoms with Crippen LogP contribution in [0.25, 0.3) is 0 Å². The van der Waals surface area contributed by atoms with Crippen molar-refractivity contribution >= 4 is 11.9 Å². The van der Waals surface area contributed by atoms with E-state index in [2.05, 4.69) is 0 Å². The van der Waals surface area contributed by atoms with Crippen LogP contribution >= 0.6 is 0 Å². The van der Waals surface area contributed by atoms with Crippen molar-refractivity contribution in [3.8, 4) is 0 Å². The Morgan fingerprint density at radius 1 is 1.50 bits per heavy atom. The Hall–Kier alpha value is -1.78. The molecule has 0 saturated carbocycles. The van der Waals surface area contributed by atoms with Gasteiger partial charge in [-0.3, -0.25) is 4.79 Å². The zero-order valence-electron chi connectivity index (χ0n) is 11.8. The van der Waals surface area contributed by atoms with Crippen molar-refractivity contribution < 1.29 is 19.4 Å². The van der Waals surface area contributed by atoms with Gasteiger partial charge in [-0.2, -0.15) is 0 Å². The maximum Gasteiger partial charge on any atom is 0.327 e. The van der Waals surface area contributed by atoms with Crippen LogP contribution in [0.15, 0.2) is 23.5 Å². The predicted octanol–water partition coefficient (Wildman–Crippen LogP) is 2.44. The minimum Gasteiger partial charge on any atom is -0.478 e. The number of aliphatic carboxylic acids is 1. The molecule has 2 heterocycles. The molecule has 1 N–H and O–H groups in total. The second kappa shape index (κ2) is 6.59. The van der Waals surface area contributed by atoms with Crippen LogP contribution in [0.3, 0.4) is 0 Å². The number of rotatable bonds is 6. The first-order valence-electron chi connectivity index (χ1n) is 7.16. The van der Waals surface area contributed by atoms with Gasteiger partial charge in [0.1, 0.15) is 5.76 Å². The van der Waals surface area contributed by atoms with Crippen LogP contribution in [0.1, 0.15) is 45.4 Å². The molecule has 0 aliphatic carbocycles. The molecule has 20 heavy (non-hydrogen) atoms. The van der Waals surface area contributed by atoms with E-state index in [-0.39, 0.29) is 12.1 Å². The van der Waals surface area contributed by atoms with Crippen LogP contribution in [0.2, 0.25) is 0 Å². The summed E-state index contributed by atoms with van der Waals surface area (Å²) in [4.78, 5) is 24.3. The number of carbonyl (C=O) groups excluding carboxylic acids is 1. The maximum absolute atomic E-state index is 12.1. The fraction of sp³-hybridized carbons (Fsp3) is 0.600. The molecule has 0 bridgehead atoms. The number of hydrogen-bond acceptors (Lipinski definition) is 3. The molecule has 2 aliphatic heterocycles. The van der Waals surface area contributed by atoms with E-state index in [0.717, 1.165) is 56.4 Å². The lowest BCUT2D eigenvalue weighted by Gasteiger charge is -2.32. The van der Waals surface area contributed by atoms with E-state index in [1.165, 1.54) is 6.08 Å². The average molecular weight is 279 g/mol. The first-order chi connectivity index (χ1) is 9.59. The molecule has 5 nitrogen and oxygen atoms in total. The molecule has 5 heteroatoms. The average Bonchev–Trinajstić information content (AvgIpc) is 2.87. The molecule has 110 valence electrons. The normalized spacial score (nSPS) is 22.4. The Bertz CT molecular complexity index is 453. The van der Waals surface area contributed by atoms with Gasteiger partial charge < -0.3 is 14.7 Å². The molecule has 2 aliphatic rings. The third kappa shape index (κ3) is 3.40. The van der Waals surface area contributed by atoms with Gasteiger partial charge in [0.2, 0.25) is 0 Å². The number of carboxylic acids is 1. The fourth-order valence-corrected chi connectivity index (χ4v) is 2.66. The van der Waals surface area contributed by atoms with E-state index >= 15 is 0 Å². The van der Waals surface area contributed by atoms with Crippen molar-refractivity contribution in [1.82, 2.24) is 4.90 Å². The van der Waals surface area contributed by atoms with E-state index in [4.69, 9.17) is 9.84 Å². The summed E-state index contributed by atoms with van der Waals surface area (Å²) in [6.45, 7) is 2.63. The molecular formula is C15H21NO4. The standard InChI is InChI=1S/C15H21NO4/c1-11-12(7-4-2-3-5-9-14(17)18)20-13-8-6-10-16(13)15(11)19/h5,9,13H,2-4,6-8,10H2,1H3,(H,17,18)/b9-5+/t13-/m0/s1. The second-order valence-corrected chi connectivity index (χ2v) is 5.25. The summed E-state index contributed by atoms with van der Waals surface area (Å²) in [6.07, 6.45) is 7.99. The highest BCUT2D eigenvalue weighted by molar-refractivity contribution is 5.94. The SMILES string of the molecule is CC1=C(CCCC/C=C/C(=O)O)O[C@H]2CCCN2C1=O. The highest BCUT2D eigenvalue weighted by Gasteiger charge is 2.36. The Balaban J connectivity index is 1.80. The molecule has 0 radical (unpaired) electrons. The number of fused-ring (bicyclic) bond motifs is 1. The van der Waals surface area contributed by atoms with Crippen molar-refractivity contribution in [1.29, 1.82) is 0 Å². The molecule has 0 aromatic heterocycles. The monoisotopic (exact) mass is 279 g/mol.